The third-order valence-electron chi connectivity index (χ3n) is 4.53. The number of hydrogen-bond donors (Lipinski definition) is 1. The number of rotatable bonds is 4. The summed E-state index contributed by atoms with van der Waals surface area (Å²) in [5, 5.41) is 8.97. The molecule has 5 nitrogen and oxygen atoms in total. The summed E-state index contributed by atoms with van der Waals surface area (Å²) in [6.07, 6.45) is 5.13. The van der Waals surface area contributed by atoms with Gasteiger partial charge in [-0.15, -0.1) is 0 Å². The van der Waals surface area contributed by atoms with Crippen molar-refractivity contribution in [2.24, 2.45) is 11.8 Å². The molecule has 2 fully saturated rings. The predicted molar refractivity (Wildman–Crippen MR) is 76.5 cm³/mol. The molecule has 0 radical (unpaired) electrons. The van der Waals surface area contributed by atoms with Gasteiger partial charge in [-0.1, -0.05) is 13.8 Å². The van der Waals surface area contributed by atoms with Crippen LogP contribution in [0, 0.1) is 11.8 Å². The summed E-state index contributed by atoms with van der Waals surface area (Å²) in [4.78, 5) is 26.9. The van der Waals surface area contributed by atoms with Crippen LogP contribution in [-0.2, 0) is 4.79 Å². The van der Waals surface area contributed by atoms with Crippen molar-refractivity contribution in [3.8, 4) is 0 Å². The van der Waals surface area contributed by atoms with E-state index in [1.54, 1.807) is 4.90 Å². The maximum absolute atomic E-state index is 12.5. The molecule has 1 atom stereocenters. The highest BCUT2D eigenvalue weighted by molar-refractivity contribution is 5.80. The fraction of sp³-hybridized carbons (Fsp3) is 0.867. The Hall–Kier alpha value is -1.26. The Labute approximate surface area is 120 Å². The van der Waals surface area contributed by atoms with Crippen LogP contribution < -0.4 is 0 Å². The summed E-state index contributed by atoms with van der Waals surface area (Å²) >= 11 is 0. The van der Waals surface area contributed by atoms with E-state index in [-0.39, 0.29) is 18.6 Å². The third kappa shape index (κ3) is 3.87. The molecule has 0 aromatic carbocycles. The molecule has 2 rings (SSSR count). The SMILES string of the molecule is CC(C)C1CCCN(C(=O)N(CC(=O)O)C2CC2)CC1. The van der Waals surface area contributed by atoms with Gasteiger partial charge in [0, 0.05) is 19.1 Å². The van der Waals surface area contributed by atoms with Gasteiger partial charge in [0.2, 0.25) is 0 Å². The molecule has 2 aliphatic rings. The van der Waals surface area contributed by atoms with Gasteiger partial charge in [-0.2, -0.15) is 0 Å². The number of urea groups is 1. The first-order valence-electron chi connectivity index (χ1n) is 7.76. The van der Waals surface area contributed by atoms with Crippen molar-refractivity contribution in [3.63, 3.8) is 0 Å². The summed E-state index contributed by atoms with van der Waals surface area (Å²) in [5.74, 6) is 0.422. The predicted octanol–water partition coefficient (Wildman–Crippen LogP) is 2.41. The highest BCUT2D eigenvalue weighted by Crippen LogP contribution is 2.29. The highest BCUT2D eigenvalue weighted by Gasteiger charge is 2.36. The number of hydrogen-bond acceptors (Lipinski definition) is 2. The normalized spacial score (nSPS) is 23.6. The van der Waals surface area contributed by atoms with Gasteiger partial charge in [-0.05, 0) is 43.9 Å². The molecule has 1 heterocycles. The summed E-state index contributed by atoms with van der Waals surface area (Å²) in [6.45, 7) is 5.86. The minimum Gasteiger partial charge on any atom is -0.480 e. The Morgan fingerprint density at radius 2 is 1.90 bits per heavy atom. The number of carbonyl (C=O) groups excluding carboxylic acids is 1. The van der Waals surface area contributed by atoms with Crippen molar-refractivity contribution in [3.05, 3.63) is 0 Å². The maximum Gasteiger partial charge on any atom is 0.323 e. The second-order valence-electron chi connectivity index (χ2n) is 6.46. The monoisotopic (exact) mass is 282 g/mol. The fourth-order valence-corrected chi connectivity index (χ4v) is 3.05. The van der Waals surface area contributed by atoms with Crippen molar-refractivity contribution in [2.75, 3.05) is 19.6 Å². The molecule has 1 unspecified atom stereocenters. The summed E-state index contributed by atoms with van der Waals surface area (Å²) in [7, 11) is 0. The van der Waals surface area contributed by atoms with Gasteiger partial charge in [0.15, 0.2) is 0 Å². The first kappa shape index (κ1) is 15.1. The molecular formula is C15H26N2O3. The van der Waals surface area contributed by atoms with Crippen LogP contribution in [0.4, 0.5) is 4.79 Å². The van der Waals surface area contributed by atoms with E-state index in [1.165, 1.54) is 6.42 Å². The van der Waals surface area contributed by atoms with E-state index in [0.717, 1.165) is 38.8 Å². The van der Waals surface area contributed by atoms with Crippen LogP contribution >= 0.6 is 0 Å². The number of carboxylic acid groups (broad SMARTS) is 1. The molecule has 114 valence electrons. The van der Waals surface area contributed by atoms with Gasteiger partial charge in [-0.25, -0.2) is 4.79 Å². The van der Waals surface area contributed by atoms with Crippen molar-refractivity contribution < 1.29 is 14.7 Å². The van der Waals surface area contributed by atoms with Gasteiger partial charge in [0.05, 0.1) is 0 Å². The maximum atomic E-state index is 12.5. The second-order valence-corrected chi connectivity index (χ2v) is 6.46. The standard InChI is InChI=1S/C15H26N2O3/c1-11(2)12-4-3-8-16(9-7-12)15(20)17(10-14(18)19)13-5-6-13/h11-13H,3-10H2,1-2H3,(H,18,19). The lowest BCUT2D eigenvalue weighted by Gasteiger charge is -2.29. The number of carbonyl (C=O) groups is 2. The Kier molecular flexibility index (Phi) is 4.89. The Balaban J connectivity index is 1.95. The van der Waals surface area contributed by atoms with Crippen LogP contribution in [0.1, 0.15) is 46.0 Å². The molecule has 0 spiro atoms. The van der Waals surface area contributed by atoms with Crippen LogP contribution in [0.15, 0.2) is 0 Å². The number of likely N-dealkylation sites (tertiary alicyclic amines) is 1. The van der Waals surface area contributed by atoms with E-state index in [2.05, 4.69) is 13.8 Å². The van der Waals surface area contributed by atoms with Gasteiger partial charge in [0.25, 0.3) is 0 Å². The average Bonchev–Trinajstić information content (AvgIpc) is 3.20. The van der Waals surface area contributed by atoms with Crippen molar-refractivity contribution >= 4 is 12.0 Å². The molecule has 0 aromatic heterocycles. The molecule has 1 N–H and O–H groups in total. The van der Waals surface area contributed by atoms with Gasteiger partial charge in [0.1, 0.15) is 6.54 Å². The van der Waals surface area contributed by atoms with Crippen molar-refractivity contribution in [1.29, 1.82) is 0 Å². The smallest absolute Gasteiger partial charge is 0.323 e. The summed E-state index contributed by atoms with van der Waals surface area (Å²) < 4.78 is 0. The van der Waals surface area contributed by atoms with Crippen LogP contribution in [0.3, 0.4) is 0 Å². The molecule has 0 bridgehead atoms. The number of nitrogens with zero attached hydrogens (tertiary/aromatic N) is 2. The minimum atomic E-state index is -0.917. The second kappa shape index (κ2) is 6.46. The van der Waals surface area contributed by atoms with Gasteiger partial charge < -0.3 is 14.9 Å². The van der Waals surface area contributed by atoms with Gasteiger partial charge >= 0.3 is 12.0 Å². The third-order valence-corrected chi connectivity index (χ3v) is 4.53. The van der Waals surface area contributed by atoms with E-state index < -0.39 is 5.97 Å². The zero-order valence-electron chi connectivity index (χ0n) is 12.5. The Morgan fingerprint density at radius 3 is 2.45 bits per heavy atom. The molecule has 1 saturated carbocycles. The number of carboxylic acids is 1. The first-order chi connectivity index (χ1) is 9.49. The Morgan fingerprint density at radius 1 is 1.20 bits per heavy atom. The van der Waals surface area contributed by atoms with Crippen molar-refractivity contribution in [1.82, 2.24) is 9.80 Å². The lowest BCUT2D eigenvalue weighted by Crippen LogP contribution is -2.46. The number of amides is 2. The van der Waals surface area contributed by atoms with Crippen molar-refractivity contribution in [2.45, 2.75) is 52.0 Å². The molecule has 0 aromatic rings. The molecule has 1 aliphatic heterocycles. The lowest BCUT2D eigenvalue weighted by atomic mass is 9.89. The molecular weight excluding hydrogens is 256 g/mol. The molecule has 1 aliphatic carbocycles. The lowest BCUT2D eigenvalue weighted by molar-refractivity contribution is -0.137. The first-order valence-corrected chi connectivity index (χ1v) is 7.76. The van der Waals surface area contributed by atoms with Crippen LogP contribution in [0.2, 0.25) is 0 Å². The molecule has 5 heteroatoms. The summed E-state index contributed by atoms with van der Waals surface area (Å²) in [5.41, 5.74) is 0. The quantitative estimate of drug-likeness (QED) is 0.861. The van der Waals surface area contributed by atoms with Crippen LogP contribution in [-0.4, -0.2) is 52.6 Å². The highest BCUT2D eigenvalue weighted by atomic mass is 16.4. The molecule has 20 heavy (non-hydrogen) atoms. The largest absolute Gasteiger partial charge is 0.480 e. The average molecular weight is 282 g/mol. The van der Waals surface area contributed by atoms with Gasteiger partial charge in [-0.3, -0.25) is 4.79 Å². The minimum absolute atomic E-state index is 0.0701. The fourth-order valence-electron chi connectivity index (χ4n) is 3.05. The van der Waals surface area contributed by atoms with E-state index in [9.17, 15) is 9.59 Å². The Bertz CT molecular complexity index is 366. The van der Waals surface area contributed by atoms with E-state index in [0.29, 0.717) is 11.8 Å². The zero-order valence-corrected chi connectivity index (χ0v) is 12.5. The number of aliphatic carboxylic acids is 1. The molecule has 2 amide bonds. The van der Waals surface area contributed by atoms with Crippen LogP contribution in [0.5, 0.6) is 0 Å². The molecule has 1 saturated heterocycles. The van der Waals surface area contributed by atoms with E-state index in [4.69, 9.17) is 5.11 Å². The van der Waals surface area contributed by atoms with E-state index >= 15 is 0 Å². The van der Waals surface area contributed by atoms with Crippen LogP contribution in [0.25, 0.3) is 0 Å². The zero-order chi connectivity index (χ0) is 14.7. The topological polar surface area (TPSA) is 60.9 Å². The summed E-state index contributed by atoms with van der Waals surface area (Å²) in [6, 6.07) is 0.0852. The van der Waals surface area contributed by atoms with E-state index in [1.807, 2.05) is 4.90 Å².